The standard InChI is InChI=1S/C19H33N3O2/c1-6-24-18(15(2)3)12-14-22-19(20-4)21-13-11-16-7-9-17(23-5)10-8-16/h7-10,15,18H,6,11-14H2,1-5H3,(H2,20,21,22). The molecule has 0 aliphatic carbocycles. The first-order chi connectivity index (χ1) is 11.6. The summed E-state index contributed by atoms with van der Waals surface area (Å²) in [5.74, 6) is 2.25. The molecule has 1 atom stereocenters. The van der Waals surface area contributed by atoms with Gasteiger partial charge in [-0.25, -0.2) is 0 Å². The molecule has 0 spiro atoms. The summed E-state index contributed by atoms with van der Waals surface area (Å²) >= 11 is 0. The molecule has 0 bridgehead atoms. The number of nitrogens with one attached hydrogen (secondary N) is 2. The summed E-state index contributed by atoms with van der Waals surface area (Å²) in [6, 6.07) is 8.16. The van der Waals surface area contributed by atoms with Gasteiger partial charge in [-0.2, -0.15) is 0 Å². The van der Waals surface area contributed by atoms with Crippen LogP contribution in [-0.2, 0) is 11.2 Å². The summed E-state index contributed by atoms with van der Waals surface area (Å²) < 4.78 is 10.9. The lowest BCUT2D eigenvalue weighted by atomic mass is 10.0. The molecule has 1 rings (SSSR count). The highest BCUT2D eigenvalue weighted by Crippen LogP contribution is 2.11. The monoisotopic (exact) mass is 335 g/mol. The highest BCUT2D eigenvalue weighted by molar-refractivity contribution is 5.79. The van der Waals surface area contributed by atoms with Crippen molar-refractivity contribution in [1.29, 1.82) is 0 Å². The molecule has 0 saturated heterocycles. The molecule has 0 aliphatic rings. The van der Waals surface area contributed by atoms with Gasteiger partial charge in [0, 0.05) is 26.7 Å². The van der Waals surface area contributed by atoms with E-state index in [1.54, 1.807) is 14.2 Å². The lowest BCUT2D eigenvalue weighted by molar-refractivity contribution is 0.0258. The Morgan fingerprint density at radius 3 is 2.33 bits per heavy atom. The summed E-state index contributed by atoms with van der Waals surface area (Å²) in [5.41, 5.74) is 1.27. The molecule has 1 unspecified atom stereocenters. The Morgan fingerprint density at radius 2 is 1.79 bits per heavy atom. The zero-order chi connectivity index (χ0) is 17.8. The van der Waals surface area contributed by atoms with Gasteiger partial charge in [-0.3, -0.25) is 4.99 Å². The van der Waals surface area contributed by atoms with Crippen LogP contribution in [0.2, 0.25) is 0 Å². The van der Waals surface area contributed by atoms with Gasteiger partial charge in [-0.1, -0.05) is 26.0 Å². The van der Waals surface area contributed by atoms with Crippen molar-refractivity contribution in [3.8, 4) is 5.75 Å². The summed E-state index contributed by atoms with van der Waals surface area (Å²) in [6.07, 6.45) is 2.21. The minimum absolute atomic E-state index is 0.292. The van der Waals surface area contributed by atoms with Crippen molar-refractivity contribution in [3.63, 3.8) is 0 Å². The van der Waals surface area contributed by atoms with Crippen LogP contribution in [0.25, 0.3) is 0 Å². The largest absolute Gasteiger partial charge is 0.497 e. The van der Waals surface area contributed by atoms with Gasteiger partial charge in [0.1, 0.15) is 5.75 Å². The van der Waals surface area contributed by atoms with Crippen molar-refractivity contribution in [1.82, 2.24) is 10.6 Å². The highest BCUT2D eigenvalue weighted by Gasteiger charge is 2.12. The Labute approximate surface area is 146 Å². The van der Waals surface area contributed by atoms with Crippen LogP contribution in [-0.4, -0.2) is 45.9 Å². The maximum Gasteiger partial charge on any atom is 0.190 e. The van der Waals surface area contributed by atoms with Gasteiger partial charge in [0.2, 0.25) is 0 Å². The normalized spacial score (nSPS) is 13.0. The number of methoxy groups -OCH3 is 1. The van der Waals surface area contributed by atoms with E-state index in [4.69, 9.17) is 9.47 Å². The summed E-state index contributed by atoms with van der Waals surface area (Å²) in [6.45, 7) is 8.89. The Kier molecular flexibility index (Phi) is 9.92. The fourth-order valence-corrected chi connectivity index (χ4v) is 2.49. The second-order valence-corrected chi connectivity index (χ2v) is 6.05. The molecule has 0 fully saturated rings. The summed E-state index contributed by atoms with van der Waals surface area (Å²) in [5, 5.41) is 6.70. The van der Waals surface area contributed by atoms with Crippen LogP contribution in [0.1, 0.15) is 32.8 Å². The third-order valence-electron chi connectivity index (χ3n) is 3.93. The van der Waals surface area contributed by atoms with Crippen LogP contribution < -0.4 is 15.4 Å². The van der Waals surface area contributed by atoms with Crippen LogP contribution in [0.4, 0.5) is 0 Å². The van der Waals surface area contributed by atoms with Crippen molar-refractivity contribution >= 4 is 5.96 Å². The first kappa shape index (κ1) is 20.3. The van der Waals surface area contributed by atoms with Crippen LogP contribution in [0.5, 0.6) is 5.75 Å². The van der Waals surface area contributed by atoms with E-state index in [9.17, 15) is 0 Å². The second-order valence-electron chi connectivity index (χ2n) is 6.05. The molecular formula is C19H33N3O2. The molecule has 0 aliphatic heterocycles. The van der Waals surface area contributed by atoms with E-state index < -0.39 is 0 Å². The molecule has 1 aromatic rings. The van der Waals surface area contributed by atoms with Crippen LogP contribution >= 0.6 is 0 Å². The molecule has 0 amide bonds. The number of rotatable bonds is 10. The number of aliphatic imine (C=N–C) groups is 1. The van der Waals surface area contributed by atoms with E-state index in [2.05, 4.69) is 41.6 Å². The minimum atomic E-state index is 0.292. The minimum Gasteiger partial charge on any atom is -0.497 e. The molecule has 5 heteroatoms. The van der Waals surface area contributed by atoms with Gasteiger partial charge in [-0.05, 0) is 43.4 Å². The topological polar surface area (TPSA) is 54.9 Å². The molecule has 0 aromatic heterocycles. The fourth-order valence-electron chi connectivity index (χ4n) is 2.49. The van der Waals surface area contributed by atoms with E-state index in [1.807, 2.05) is 19.1 Å². The third-order valence-corrected chi connectivity index (χ3v) is 3.93. The quantitative estimate of drug-likeness (QED) is 0.510. The molecule has 24 heavy (non-hydrogen) atoms. The smallest absolute Gasteiger partial charge is 0.190 e. The first-order valence-corrected chi connectivity index (χ1v) is 8.79. The maximum absolute atomic E-state index is 5.77. The lowest BCUT2D eigenvalue weighted by Crippen LogP contribution is -2.40. The van der Waals surface area contributed by atoms with Crippen molar-refractivity contribution in [3.05, 3.63) is 29.8 Å². The average molecular weight is 335 g/mol. The second kappa shape index (κ2) is 11.7. The van der Waals surface area contributed by atoms with Crippen molar-refractivity contribution < 1.29 is 9.47 Å². The molecule has 0 saturated carbocycles. The zero-order valence-electron chi connectivity index (χ0n) is 15.8. The van der Waals surface area contributed by atoms with Gasteiger partial charge in [0.25, 0.3) is 0 Å². The molecule has 136 valence electrons. The number of hydrogen-bond acceptors (Lipinski definition) is 3. The van der Waals surface area contributed by atoms with Gasteiger partial charge in [0.05, 0.1) is 13.2 Å². The molecule has 5 nitrogen and oxygen atoms in total. The number of ether oxygens (including phenoxy) is 2. The van der Waals surface area contributed by atoms with Crippen molar-refractivity contribution in [2.45, 2.75) is 39.7 Å². The Hall–Kier alpha value is -1.75. The third kappa shape index (κ3) is 7.68. The number of benzene rings is 1. The molecular weight excluding hydrogens is 302 g/mol. The van der Waals surface area contributed by atoms with Crippen molar-refractivity contribution in [2.75, 3.05) is 33.9 Å². The summed E-state index contributed by atoms with van der Waals surface area (Å²) in [4.78, 5) is 4.27. The average Bonchev–Trinajstić information content (AvgIpc) is 2.59. The molecule has 0 radical (unpaired) electrons. The first-order valence-electron chi connectivity index (χ1n) is 8.79. The summed E-state index contributed by atoms with van der Waals surface area (Å²) in [7, 11) is 3.48. The van der Waals surface area contributed by atoms with E-state index in [1.165, 1.54) is 5.56 Å². The zero-order valence-corrected chi connectivity index (χ0v) is 15.8. The number of nitrogens with zero attached hydrogens (tertiary/aromatic N) is 1. The van der Waals surface area contributed by atoms with Gasteiger partial charge >= 0.3 is 0 Å². The van der Waals surface area contributed by atoms with Crippen LogP contribution in [0, 0.1) is 5.92 Å². The van der Waals surface area contributed by atoms with Crippen LogP contribution in [0.15, 0.2) is 29.3 Å². The molecule has 1 aromatic carbocycles. The number of guanidine groups is 1. The fraction of sp³-hybridized carbons (Fsp3) is 0.632. The van der Waals surface area contributed by atoms with E-state index >= 15 is 0 Å². The van der Waals surface area contributed by atoms with Gasteiger partial charge < -0.3 is 20.1 Å². The predicted molar refractivity (Wildman–Crippen MR) is 101 cm³/mol. The number of hydrogen-bond donors (Lipinski definition) is 2. The predicted octanol–water partition coefficient (Wildman–Crippen LogP) is 2.85. The van der Waals surface area contributed by atoms with Crippen LogP contribution in [0.3, 0.4) is 0 Å². The Morgan fingerprint density at radius 1 is 1.12 bits per heavy atom. The van der Waals surface area contributed by atoms with E-state index in [0.29, 0.717) is 12.0 Å². The highest BCUT2D eigenvalue weighted by atomic mass is 16.5. The molecule has 2 N–H and O–H groups in total. The Balaban J connectivity index is 2.29. The van der Waals surface area contributed by atoms with Gasteiger partial charge in [0.15, 0.2) is 5.96 Å². The Bertz CT molecular complexity index is 472. The molecule has 0 heterocycles. The SMILES string of the molecule is CCOC(CCNC(=NC)NCCc1ccc(OC)cc1)C(C)C. The van der Waals surface area contributed by atoms with Crippen molar-refractivity contribution in [2.24, 2.45) is 10.9 Å². The van der Waals surface area contributed by atoms with Gasteiger partial charge in [-0.15, -0.1) is 0 Å². The van der Waals surface area contributed by atoms with E-state index in [-0.39, 0.29) is 0 Å². The van der Waals surface area contributed by atoms with E-state index in [0.717, 1.165) is 44.2 Å². The maximum atomic E-state index is 5.77. The lowest BCUT2D eigenvalue weighted by Gasteiger charge is -2.21.